The highest BCUT2D eigenvalue weighted by molar-refractivity contribution is 5.73. The van der Waals surface area contributed by atoms with Crippen molar-refractivity contribution in [3.8, 4) is 0 Å². The number of carboxylic acids is 1. The van der Waals surface area contributed by atoms with E-state index in [1.807, 2.05) is 0 Å². The van der Waals surface area contributed by atoms with Gasteiger partial charge in [-0.3, -0.25) is 4.79 Å². The van der Waals surface area contributed by atoms with Gasteiger partial charge in [0.15, 0.2) is 0 Å². The molecule has 0 saturated carbocycles. The van der Waals surface area contributed by atoms with Gasteiger partial charge in [0.2, 0.25) is 0 Å². The molecular weight excluding hydrogens is 231 g/mol. The number of rotatable bonds is 2. The standard InChI is InChI=1S/C6H11NO2.C2HF3O2/c1-5(8)9-4-6-2-7-3-6;3-2(4,5)1(6)7/h6-7H,2-4H2,1H3;(H,6,7). The van der Waals surface area contributed by atoms with Gasteiger partial charge in [-0.15, -0.1) is 0 Å². The summed E-state index contributed by atoms with van der Waals surface area (Å²) in [4.78, 5) is 19.1. The number of hydrogen-bond donors (Lipinski definition) is 2. The van der Waals surface area contributed by atoms with Crippen LogP contribution in [0.3, 0.4) is 0 Å². The summed E-state index contributed by atoms with van der Waals surface area (Å²) in [6, 6.07) is 0. The summed E-state index contributed by atoms with van der Waals surface area (Å²) >= 11 is 0. The summed E-state index contributed by atoms with van der Waals surface area (Å²) in [5.41, 5.74) is 0. The van der Waals surface area contributed by atoms with Crippen LogP contribution in [0.15, 0.2) is 0 Å². The summed E-state index contributed by atoms with van der Waals surface area (Å²) in [7, 11) is 0. The Morgan fingerprint density at radius 2 is 1.88 bits per heavy atom. The van der Waals surface area contributed by atoms with E-state index in [2.05, 4.69) is 5.32 Å². The second kappa shape index (κ2) is 6.31. The fourth-order valence-electron chi connectivity index (χ4n) is 0.702. The normalized spacial score (nSPS) is 15.5. The zero-order valence-corrected chi connectivity index (χ0v) is 8.50. The van der Waals surface area contributed by atoms with E-state index in [0.29, 0.717) is 12.5 Å². The van der Waals surface area contributed by atoms with E-state index >= 15 is 0 Å². The fraction of sp³-hybridized carbons (Fsp3) is 0.750. The minimum atomic E-state index is -5.08. The van der Waals surface area contributed by atoms with Crippen LogP contribution in [0.2, 0.25) is 0 Å². The van der Waals surface area contributed by atoms with Crippen molar-refractivity contribution in [2.75, 3.05) is 19.7 Å². The van der Waals surface area contributed by atoms with Crippen LogP contribution in [0.5, 0.6) is 0 Å². The van der Waals surface area contributed by atoms with Gasteiger partial charge < -0.3 is 15.2 Å². The van der Waals surface area contributed by atoms with E-state index in [1.165, 1.54) is 6.92 Å². The molecule has 16 heavy (non-hydrogen) atoms. The summed E-state index contributed by atoms with van der Waals surface area (Å²) in [6.45, 7) is 4.01. The molecule has 0 radical (unpaired) electrons. The molecule has 0 bridgehead atoms. The first-order chi connectivity index (χ1) is 7.23. The number of carbonyl (C=O) groups excluding carboxylic acids is 1. The van der Waals surface area contributed by atoms with E-state index in [1.54, 1.807) is 0 Å². The van der Waals surface area contributed by atoms with Crippen molar-refractivity contribution in [3.05, 3.63) is 0 Å². The number of ether oxygens (including phenoxy) is 1. The van der Waals surface area contributed by atoms with Crippen molar-refractivity contribution in [2.45, 2.75) is 13.1 Å². The molecule has 94 valence electrons. The smallest absolute Gasteiger partial charge is 0.475 e. The number of halogens is 3. The summed E-state index contributed by atoms with van der Waals surface area (Å²) in [5, 5.41) is 10.2. The molecule has 8 heteroatoms. The molecule has 1 fully saturated rings. The molecule has 1 heterocycles. The minimum Gasteiger partial charge on any atom is -0.475 e. The van der Waals surface area contributed by atoms with E-state index in [0.717, 1.165) is 13.1 Å². The van der Waals surface area contributed by atoms with Crippen molar-refractivity contribution in [3.63, 3.8) is 0 Å². The molecule has 0 amide bonds. The largest absolute Gasteiger partial charge is 0.490 e. The molecule has 1 aliphatic heterocycles. The van der Waals surface area contributed by atoms with E-state index < -0.39 is 12.1 Å². The van der Waals surface area contributed by atoms with Crippen LogP contribution in [-0.2, 0) is 14.3 Å². The fourth-order valence-corrected chi connectivity index (χ4v) is 0.702. The van der Waals surface area contributed by atoms with Gasteiger partial charge in [-0.2, -0.15) is 13.2 Å². The summed E-state index contributed by atoms with van der Waals surface area (Å²) < 4.78 is 36.5. The van der Waals surface area contributed by atoms with Crippen molar-refractivity contribution >= 4 is 11.9 Å². The third kappa shape index (κ3) is 7.04. The quantitative estimate of drug-likeness (QED) is 0.687. The maximum Gasteiger partial charge on any atom is 0.490 e. The average Bonchev–Trinajstić information content (AvgIpc) is 1.99. The van der Waals surface area contributed by atoms with Crippen molar-refractivity contribution in [2.24, 2.45) is 5.92 Å². The van der Waals surface area contributed by atoms with Gasteiger partial charge in [-0.25, -0.2) is 4.79 Å². The Kier molecular flexibility index (Phi) is 5.79. The highest BCUT2D eigenvalue weighted by Crippen LogP contribution is 2.13. The van der Waals surface area contributed by atoms with E-state index in [4.69, 9.17) is 14.6 Å². The topological polar surface area (TPSA) is 75.6 Å². The van der Waals surface area contributed by atoms with Crippen LogP contribution in [-0.4, -0.2) is 42.9 Å². The van der Waals surface area contributed by atoms with Crippen molar-refractivity contribution in [1.82, 2.24) is 5.32 Å². The molecule has 0 aromatic carbocycles. The Morgan fingerprint density at radius 3 is 2.06 bits per heavy atom. The third-order valence-corrected chi connectivity index (χ3v) is 1.63. The van der Waals surface area contributed by atoms with Crippen molar-refractivity contribution < 1.29 is 32.6 Å². The first-order valence-corrected chi connectivity index (χ1v) is 4.37. The number of hydrogen-bond acceptors (Lipinski definition) is 4. The van der Waals surface area contributed by atoms with Gasteiger partial charge in [0.05, 0.1) is 6.61 Å². The molecular formula is C8H12F3NO4. The molecule has 5 nitrogen and oxygen atoms in total. The summed E-state index contributed by atoms with van der Waals surface area (Å²) in [6.07, 6.45) is -5.08. The first-order valence-electron chi connectivity index (χ1n) is 4.37. The maximum atomic E-state index is 10.6. The molecule has 2 N–H and O–H groups in total. The van der Waals surface area contributed by atoms with Crippen molar-refractivity contribution in [1.29, 1.82) is 0 Å². The van der Waals surface area contributed by atoms with Gasteiger partial charge in [0.25, 0.3) is 0 Å². The molecule has 0 atom stereocenters. The first kappa shape index (κ1) is 14.7. The Balaban J connectivity index is 0.000000293. The van der Waals surface area contributed by atoms with Crippen LogP contribution >= 0.6 is 0 Å². The predicted octanol–water partition coefficient (Wildman–Crippen LogP) is 0.402. The zero-order chi connectivity index (χ0) is 12.8. The highest BCUT2D eigenvalue weighted by Gasteiger charge is 2.38. The Morgan fingerprint density at radius 1 is 1.44 bits per heavy atom. The molecule has 1 saturated heterocycles. The number of carbonyl (C=O) groups is 2. The number of alkyl halides is 3. The zero-order valence-electron chi connectivity index (χ0n) is 8.50. The number of aliphatic carboxylic acids is 1. The lowest BCUT2D eigenvalue weighted by atomic mass is 10.1. The Labute approximate surface area is 89.6 Å². The molecule has 0 aromatic rings. The molecule has 0 aliphatic carbocycles. The molecule has 1 aliphatic rings. The SMILES string of the molecule is CC(=O)OCC1CNC1.O=C(O)C(F)(F)F. The Hall–Kier alpha value is -1.31. The van der Waals surface area contributed by atoms with Crippen LogP contribution < -0.4 is 5.32 Å². The number of nitrogens with one attached hydrogen (secondary N) is 1. The molecule has 0 unspecified atom stereocenters. The van der Waals surface area contributed by atoms with Gasteiger partial charge >= 0.3 is 18.1 Å². The monoisotopic (exact) mass is 243 g/mol. The maximum absolute atomic E-state index is 10.6. The highest BCUT2D eigenvalue weighted by atomic mass is 19.4. The van der Waals surface area contributed by atoms with Gasteiger partial charge in [-0.05, 0) is 0 Å². The van der Waals surface area contributed by atoms with Gasteiger partial charge in [-0.1, -0.05) is 0 Å². The van der Waals surface area contributed by atoms with Crippen LogP contribution in [0.1, 0.15) is 6.92 Å². The second-order valence-electron chi connectivity index (χ2n) is 3.13. The second-order valence-corrected chi connectivity index (χ2v) is 3.13. The minimum absolute atomic E-state index is 0.179. The van der Waals surface area contributed by atoms with E-state index in [-0.39, 0.29) is 5.97 Å². The van der Waals surface area contributed by atoms with E-state index in [9.17, 15) is 18.0 Å². The average molecular weight is 243 g/mol. The van der Waals surface area contributed by atoms with Gasteiger partial charge in [0.1, 0.15) is 0 Å². The number of carboxylic acid groups (broad SMARTS) is 1. The molecule has 0 spiro atoms. The number of esters is 1. The van der Waals surface area contributed by atoms with Crippen LogP contribution in [0.4, 0.5) is 13.2 Å². The lowest BCUT2D eigenvalue weighted by molar-refractivity contribution is -0.192. The predicted molar refractivity (Wildman–Crippen MR) is 46.7 cm³/mol. The third-order valence-electron chi connectivity index (χ3n) is 1.63. The molecule has 0 aromatic heterocycles. The Bertz CT molecular complexity index is 250. The lowest BCUT2D eigenvalue weighted by Gasteiger charge is -2.25. The lowest BCUT2D eigenvalue weighted by Crippen LogP contribution is -2.44. The molecule has 1 rings (SSSR count). The van der Waals surface area contributed by atoms with Gasteiger partial charge in [0, 0.05) is 25.9 Å². The van der Waals surface area contributed by atoms with Crippen LogP contribution in [0.25, 0.3) is 0 Å². The van der Waals surface area contributed by atoms with Crippen LogP contribution in [0, 0.1) is 5.92 Å². The summed E-state index contributed by atoms with van der Waals surface area (Å²) in [5.74, 6) is -2.37.